The molecular formula is C22H27N3O5. The Labute approximate surface area is 175 Å². The second-order valence-corrected chi connectivity index (χ2v) is 8.47. The fraction of sp³-hybridized carbons (Fsp3) is 0.455. The molecule has 1 aliphatic rings. The van der Waals surface area contributed by atoms with Gasteiger partial charge in [0, 0.05) is 19.0 Å². The molecule has 1 aromatic heterocycles. The second-order valence-electron chi connectivity index (χ2n) is 8.47. The van der Waals surface area contributed by atoms with Crippen LogP contribution in [0.2, 0.25) is 0 Å². The first-order valence-electron chi connectivity index (χ1n) is 10.0. The van der Waals surface area contributed by atoms with Gasteiger partial charge in [0.05, 0.1) is 17.3 Å². The van der Waals surface area contributed by atoms with Gasteiger partial charge in [0.1, 0.15) is 17.1 Å². The first-order chi connectivity index (χ1) is 14.1. The van der Waals surface area contributed by atoms with Crippen LogP contribution < -0.4 is 0 Å². The molecule has 0 saturated carbocycles. The van der Waals surface area contributed by atoms with Crippen molar-refractivity contribution >= 4 is 17.8 Å². The number of carbonyl (C=O) groups excluding carboxylic acids is 2. The molecule has 1 fully saturated rings. The summed E-state index contributed by atoms with van der Waals surface area (Å²) in [6.07, 6.45) is 2.12. The van der Waals surface area contributed by atoms with E-state index in [1.54, 1.807) is 17.0 Å². The Morgan fingerprint density at radius 2 is 1.83 bits per heavy atom. The first-order valence-corrected chi connectivity index (χ1v) is 10.0. The minimum absolute atomic E-state index is 0.155. The van der Waals surface area contributed by atoms with Crippen molar-refractivity contribution < 1.29 is 24.2 Å². The number of carboxylic acids is 1. The summed E-state index contributed by atoms with van der Waals surface area (Å²) in [7, 11) is 0. The Morgan fingerprint density at radius 3 is 2.40 bits per heavy atom. The topological polar surface area (TPSA) is 113 Å². The zero-order valence-electron chi connectivity index (χ0n) is 17.7. The van der Waals surface area contributed by atoms with E-state index in [9.17, 15) is 14.4 Å². The predicted octanol–water partition coefficient (Wildman–Crippen LogP) is 4.44. The van der Waals surface area contributed by atoms with Gasteiger partial charge in [0.15, 0.2) is 5.78 Å². The van der Waals surface area contributed by atoms with E-state index in [1.165, 1.54) is 19.1 Å². The van der Waals surface area contributed by atoms with Crippen molar-refractivity contribution in [1.29, 1.82) is 0 Å². The Bertz CT molecular complexity index is 956. The molecule has 0 spiro atoms. The van der Waals surface area contributed by atoms with Gasteiger partial charge in [-0.05, 0) is 52.2 Å². The number of carboxylic acid groups (broad SMARTS) is 1. The Kier molecular flexibility index (Phi) is 5.96. The van der Waals surface area contributed by atoms with E-state index in [0.717, 1.165) is 12.8 Å². The van der Waals surface area contributed by atoms with Crippen LogP contribution in [-0.4, -0.2) is 50.0 Å². The van der Waals surface area contributed by atoms with E-state index < -0.39 is 17.7 Å². The van der Waals surface area contributed by atoms with Gasteiger partial charge in [-0.2, -0.15) is 0 Å². The van der Waals surface area contributed by atoms with Crippen LogP contribution in [0.4, 0.5) is 4.79 Å². The largest absolute Gasteiger partial charge is 0.478 e. The van der Waals surface area contributed by atoms with Crippen molar-refractivity contribution in [2.45, 2.75) is 58.6 Å². The molecule has 3 rings (SSSR count). The Hall–Kier alpha value is -3.16. The third-order valence-electron chi connectivity index (χ3n) is 4.93. The summed E-state index contributed by atoms with van der Waals surface area (Å²) in [4.78, 5) is 45.5. The SMILES string of the molecule is CC(=O)c1[nH]c([C@@H]2CCCCN2C(=O)OC(C)(C)C)nc1-c1ccc(C(=O)O)cc1. The molecule has 1 atom stereocenters. The highest BCUT2D eigenvalue weighted by Crippen LogP contribution is 2.33. The molecule has 0 bridgehead atoms. The standard InChI is InChI=1S/C22H27N3O5/c1-13(26)17-18(14-8-10-15(11-9-14)20(27)28)24-19(23-17)16-7-5-6-12-25(16)21(29)30-22(2,3)4/h8-11,16H,5-7,12H2,1-4H3,(H,23,24)(H,27,28)/t16-/m0/s1. The number of likely N-dealkylation sites (tertiary alicyclic amines) is 1. The van der Waals surface area contributed by atoms with Gasteiger partial charge in [-0.3, -0.25) is 9.69 Å². The van der Waals surface area contributed by atoms with E-state index in [-0.39, 0.29) is 17.4 Å². The van der Waals surface area contributed by atoms with Gasteiger partial charge in [-0.15, -0.1) is 0 Å². The molecule has 160 valence electrons. The van der Waals surface area contributed by atoms with E-state index in [0.29, 0.717) is 35.7 Å². The molecule has 2 aromatic rings. The third kappa shape index (κ3) is 4.69. The number of aromatic carboxylic acids is 1. The zero-order valence-corrected chi connectivity index (χ0v) is 17.7. The third-order valence-corrected chi connectivity index (χ3v) is 4.93. The highest BCUT2D eigenvalue weighted by atomic mass is 16.6. The summed E-state index contributed by atoms with van der Waals surface area (Å²) in [5, 5.41) is 9.10. The number of ether oxygens (including phenoxy) is 1. The number of carbonyl (C=O) groups is 3. The molecule has 1 saturated heterocycles. The van der Waals surface area contributed by atoms with Crippen LogP contribution in [0.5, 0.6) is 0 Å². The number of nitrogens with zero attached hydrogens (tertiary/aromatic N) is 2. The maximum Gasteiger partial charge on any atom is 0.410 e. The molecular weight excluding hydrogens is 386 g/mol. The maximum absolute atomic E-state index is 12.7. The molecule has 2 heterocycles. The number of hydrogen-bond acceptors (Lipinski definition) is 5. The lowest BCUT2D eigenvalue weighted by molar-refractivity contribution is 0.00852. The molecule has 8 heteroatoms. The number of nitrogens with one attached hydrogen (secondary N) is 1. The minimum Gasteiger partial charge on any atom is -0.478 e. The van der Waals surface area contributed by atoms with Gasteiger partial charge in [-0.25, -0.2) is 14.6 Å². The quantitative estimate of drug-likeness (QED) is 0.717. The van der Waals surface area contributed by atoms with E-state index in [4.69, 9.17) is 9.84 Å². The Morgan fingerprint density at radius 1 is 1.17 bits per heavy atom. The zero-order chi connectivity index (χ0) is 22.1. The van der Waals surface area contributed by atoms with Gasteiger partial charge < -0.3 is 14.8 Å². The van der Waals surface area contributed by atoms with Crippen LogP contribution >= 0.6 is 0 Å². The number of ketones is 1. The first kappa shape index (κ1) is 21.5. The van der Waals surface area contributed by atoms with Crippen molar-refractivity contribution in [1.82, 2.24) is 14.9 Å². The average molecular weight is 413 g/mol. The number of benzene rings is 1. The monoisotopic (exact) mass is 413 g/mol. The van der Waals surface area contributed by atoms with Gasteiger partial charge in [0.2, 0.25) is 0 Å². The maximum atomic E-state index is 12.7. The smallest absolute Gasteiger partial charge is 0.410 e. The lowest BCUT2D eigenvalue weighted by Gasteiger charge is -2.35. The van der Waals surface area contributed by atoms with Crippen LogP contribution in [0, 0.1) is 0 Å². The minimum atomic E-state index is -1.02. The summed E-state index contributed by atoms with van der Waals surface area (Å²) in [6.45, 7) is 7.47. The van der Waals surface area contributed by atoms with E-state index in [2.05, 4.69) is 9.97 Å². The number of imidazole rings is 1. The summed E-state index contributed by atoms with van der Waals surface area (Å²) < 4.78 is 5.56. The van der Waals surface area contributed by atoms with E-state index >= 15 is 0 Å². The van der Waals surface area contributed by atoms with Crippen LogP contribution in [0.25, 0.3) is 11.3 Å². The van der Waals surface area contributed by atoms with Gasteiger partial charge >= 0.3 is 12.1 Å². The number of H-pyrrole nitrogens is 1. The summed E-state index contributed by atoms with van der Waals surface area (Å²) in [5.74, 6) is -0.681. The summed E-state index contributed by atoms with van der Waals surface area (Å²) in [6, 6.07) is 5.89. The van der Waals surface area contributed by atoms with Gasteiger partial charge in [0.25, 0.3) is 0 Å². The van der Waals surface area contributed by atoms with Crippen molar-refractivity contribution in [3.05, 3.63) is 41.3 Å². The number of hydrogen-bond donors (Lipinski definition) is 2. The van der Waals surface area contributed by atoms with Crippen LogP contribution in [-0.2, 0) is 4.74 Å². The molecule has 30 heavy (non-hydrogen) atoms. The predicted molar refractivity (Wildman–Crippen MR) is 111 cm³/mol. The highest BCUT2D eigenvalue weighted by Gasteiger charge is 2.34. The van der Waals surface area contributed by atoms with Crippen LogP contribution in [0.15, 0.2) is 24.3 Å². The molecule has 1 amide bonds. The lowest BCUT2D eigenvalue weighted by Crippen LogP contribution is -2.42. The fourth-order valence-electron chi connectivity index (χ4n) is 3.54. The van der Waals surface area contributed by atoms with Crippen molar-refractivity contribution in [3.63, 3.8) is 0 Å². The van der Waals surface area contributed by atoms with Crippen molar-refractivity contribution in [2.24, 2.45) is 0 Å². The molecule has 0 radical (unpaired) electrons. The Balaban J connectivity index is 1.97. The van der Waals surface area contributed by atoms with Crippen molar-refractivity contribution in [2.75, 3.05) is 6.54 Å². The number of aromatic amines is 1. The molecule has 0 aliphatic carbocycles. The molecule has 2 N–H and O–H groups in total. The summed E-state index contributed by atoms with van der Waals surface area (Å²) >= 11 is 0. The number of Topliss-reactive ketones (excluding diaryl/α,β-unsaturated/α-hetero) is 1. The highest BCUT2D eigenvalue weighted by molar-refractivity contribution is 5.98. The lowest BCUT2D eigenvalue weighted by atomic mass is 10.0. The van der Waals surface area contributed by atoms with Crippen molar-refractivity contribution in [3.8, 4) is 11.3 Å². The molecule has 1 aromatic carbocycles. The number of aromatic nitrogens is 2. The fourth-order valence-corrected chi connectivity index (χ4v) is 3.54. The van der Waals surface area contributed by atoms with Gasteiger partial charge in [-0.1, -0.05) is 12.1 Å². The van der Waals surface area contributed by atoms with E-state index in [1.807, 2.05) is 20.8 Å². The number of amides is 1. The number of piperidine rings is 1. The number of rotatable bonds is 4. The molecule has 1 aliphatic heterocycles. The molecule has 0 unspecified atom stereocenters. The molecule has 8 nitrogen and oxygen atoms in total. The normalized spacial score (nSPS) is 16.9. The van der Waals surface area contributed by atoms with Crippen LogP contribution in [0.1, 0.15) is 79.7 Å². The summed E-state index contributed by atoms with van der Waals surface area (Å²) in [5.41, 5.74) is 0.964. The second kappa shape index (κ2) is 8.30. The van der Waals surface area contributed by atoms with Crippen LogP contribution in [0.3, 0.4) is 0 Å². The average Bonchev–Trinajstić information content (AvgIpc) is 3.12.